The fraction of sp³-hybridized carbons (Fsp3) is 0.231. The van der Waals surface area contributed by atoms with Crippen LogP contribution in [0.3, 0.4) is 0 Å². The quantitative estimate of drug-likeness (QED) is 0.869. The normalized spacial score (nSPS) is 12.6. The molecule has 84 valence electrons. The number of thiophene rings is 1. The van der Waals surface area contributed by atoms with Crippen molar-refractivity contribution in [2.24, 2.45) is 0 Å². The van der Waals surface area contributed by atoms with Crippen LogP contribution in [-0.2, 0) is 6.42 Å². The molecule has 0 saturated carbocycles. The summed E-state index contributed by atoms with van der Waals surface area (Å²) in [5.41, 5.74) is 2.65. The van der Waals surface area contributed by atoms with E-state index < -0.39 is 0 Å². The van der Waals surface area contributed by atoms with Crippen LogP contribution in [-0.4, -0.2) is 7.05 Å². The summed E-state index contributed by atoms with van der Waals surface area (Å²) in [7, 11) is 2.00. The van der Waals surface area contributed by atoms with Gasteiger partial charge in [-0.05, 0) is 53.6 Å². The molecule has 0 fully saturated rings. The highest BCUT2D eigenvalue weighted by Crippen LogP contribution is 2.21. The van der Waals surface area contributed by atoms with Gasteiger partial charge in [-0.1, -0.05) is 23.7 Å². The van der Waals surface area contributed by atoms with Gasteiger partial charge in [0.15, 0.2) is 0 Å². The zero-order valence-electron chi connectivity index (χ0n) is 9.11. The Morgan fingerprint density at radius 1 is 1.25 bits per heavy atom. The third-order valence-electron chi connectivity index (χ3n) is 2.65. The molecule has 1 heterocycles. The Morgan fingerprint density at radius 2 is 2.00 bits per heavy atom. The lowest BCUT2D eigenvalue weighted by Crippen LogP contribution is -2.18. The van der Waals surface area contributed by atoms with Crippen molar-refractivity contribution in [3.63, 3.8) is 0 Å². The molecule has 1 unspecified atom stereocenters. The van der Waals surface area contributed by atoms with Crippen molar-refractivity contribution in [3.05, 3.63) is 57.2 Å². The van der Waals surface area contributed by atoms with Gasteiger partial charge in [0.25, 0.3) is 0 Å². The van der Waals surface area contributed by atoms with Crippen molar-refractivity contribution >= 4 is 22.9 Å². The van der Waals surface area contributed by atoms with Gasteiger partial charge in [-0.2, -0.15) is 11.3 Å². The van der Waals surface area contributed by atoms with Crippen molar-refractivity contribution in [2.75, 3.05) is 7.05 Å². The number of likely N-dealkylation sites (N-methyl/N-ethyl adjacent to an activating group) is 1. The largest absolute Gasteiger partial charge is 0.313 e. The summed E-state index contributed by atoms with van der Waals surface area (Å²) < 4.78 is 0. The minimum absolute atomic E-state index is 0.382. The van der Waals surface area contributed by atoms with E-state index >= 15 is 0 Å². The molecule has 0 saturated heterocycles. The highest BCUT2D eigenvalue weighted by Gasteiger charge is 2.09. The number of hydrogen-bond donors (Lipinski definition) is 1. The maximum absolute atomic E-state index is 5.87. The monoisotopic (exact) mass is 251 g/mol. The van der Waals surface area contributed by atoms with Gasteiger partial charge in [-0.15, -0.1) is 0 Å². The molecule has 1 atom stereocenters. The molecule has 3 heteroatoms. The van der Waals surface area contributed by atoms with E-state index in [4.69, 9.17) is 11.6 Å². The molecular formula is C13H14ClNS. The third-order valence-corrected chi connectivity index (χ3v) is 3.60. The molecule has 0 aliphatic heterocycles. The van der Waals surface area contributed by atoms with Crippen LogP contribution in [0, 0.1) is 0 Å². The molecule has 1 nitrogen and oxygen atoms in total. The van der Waals surface area contributed by atoms with E-state index in [1.807, 2.05) is 19.2 Å². The molecule has 2 aromatic rings. The first-order valence-corrected chi connectivity index (χ1v) is 6.55. The molecule has 1 N–H and O–H groups in total. The molecule has 0 radical (unpaired) electrons. The smallest absolute Gasteiger partial charge is 0.0406 e. The number of benzene rings is 1. The maximum Gasteiger partial charge on any atom is 0.0406 e. The number of hydrogen-bond acceptors (Lipinski definition) is 2. The summed E-state index contributed by atoms with van der Waals surface area (Å²) >= 11 is 7.60. The Kier molecular flexibility index (Phi) is 3.99. The Morgan fingerprint density at radius 3 is 2.56 bits per heavy atom. The second kappa shape index (κ2) is 5.48. The summed E-state index contributed by atoms with van der Waals surface area (Å²) in [6.07, 6.45) is 0.990. The standard InChI is InChI=1S/C13H14ClNS/c1-15-13(11-6-7-16-9-11)8-10-2-4-12(14)5-3-10/h2-7,9,13,15H,8H2,1H3. The Balaban J connectivity index is 2.10. The van der Waals surface area contributed by atoms with Gasteiger partial charge in [0, 0.05) is 11.1 Å². The summed E-state index contributed by atoms with van der Waals surface area (Å²) in [6.45, 7) is 0. The topological polar surface area (TPSA) is 12.0 Å². The zero-order valence-corrected chi connectivity index (χ0v) is 10.7. The number of halogens is 1. The van der Waals surface area contributed by atoms with Gasteiger partial charge in [0.05, 0.1) is 0 Å². The van der Waals surface area contributed by atoms with Crippen LogP contribution in [0.15, 0.2) is 41.1 Å². The van der Waals surface area contributed by atoms with Gasteiger partial charge < -0.3 is 5.32 Å². The van der Waals surface area contributed by atoms with Gasteiger partial charge in [-0.25, -0.2) is 0 Å². The van der Waals surface area contributed by atoms with Crippen LogP contribution in [0.1, 0.15) is 17.2 Å². The average molecular weight is 252 g/mol. The Bertz CT molecular complexity index is 422. The van der Waals surface area contributed by atoms with Crippen LogP contribution in [0.25, 0.3) is 0 Å². The van der Waals surface area contributed by atoms with E-state index in [9.17, 15) is 0 Å². The fourth-order valence-corrected chi connectivity index (χ4v) is 2.56. The second-order valence-electron chi connectivity index (χ2n) is 3.73. The summed E-state index contributed by atoms with van der Waals surface area (Å²) in [5, 5.41) is 8.44. The van der Waals surface area contributed by atoms with E-state index in [1.165, 1.54) is 11.1 Å². The number of nitrogens with one attached hydrogen (secondary N) is 1. The van der Waals surface area contributed by atoms with Crippen molar-refractivity contribution < 1.29 is 0 Å². The first kappa shape index (κ1) is 11.6. The Labute approximate surface area is 105 Å². The van der Waals surface area contributed by atoms with Crippen molar-refractivity contribution in [3.8, 4) is 0 Å². The lowest BCUT2D eigenvalue weighted by molar-refractivity contribution is 0.594. The SMILES string of the molecule is CNC(Cc1ccc(Cl)cc1)c1ccsc1. The predicted octanol–water partition coefficient (Wildman–Crippen LogP) is 3.90. The molecular weight excluding hydrogens is 238 g/mol. The van der Waals surface area contributed by atoms with E-state index in [1.54, 1.807) is 11.3 Å². The molecule has 2 rings (SSSR count). The van der Waals surface area contributed by atoms with E-state index in [0.29, 0.717) is 6.04 Å². The fourth-order valence-electron chi connectivity index (χ4n) is 1.72. The molecule has 16 heavy (non-hydrogen) atoms. The lowest BCUT2D eigenvalue weighted by Gasteiger charge is -2.14. The molecule has 1 aromatic carbocycles. The van der Waals surface area contributed by atoms with Gasteiger partial charge in [-0.3, -0.25) is 0 Å². The maximum atomic E-state index is 5.87. The van der Waals surface area contributed by atoms with Crippen molar-refractivity contribution in [1.29, 1.82) is 0 Å². The highest BCUT2D eigenvalue weighted by atomic mass is 35.5. The van der Waals surface area contributed by atoms with Crippen LogP contribution < -0.4 is 5.32 Å². The molecule has 1 aromatic heterocycles. The average Bonchev–Trinajstić information content (AvgIpc) is 2.82. The van der Waals surface area contributed by atoms with Crippen molar-refractivity contribution in [1.82, 2.24) is 5.32 Å². The van der Waals surface area contributed by atoms with Gasteiger partial charge in [0.1, 0.15) is 0 Å². The van der Waals surface area contributed by atoms with Crippen LogP contribution in [0.4, 0.5) is 0 Å². The summed E-state index contributed by atoms with van der Waals surface area (Å²) in [5.74, 6) is 0. The third kappa shape index (κ3) is 2.85. The van der Waals surface area contributed by atoms with Crippen LogP contribution >= 0.6 is 22.9 Å². The van der Waals surface area contributed by atoms with Crippen LogP contribution in [0.5, 0.6) is 0 Å². The van der Waals surface area contributed by atoms with Crippen molar-refractivity contribution in [2.45, 2.75) is 12.5 Å². The number of rotatable bonds is 4. The predicted molar refractivity (Wildman–Crippen MR) is 71.3 cm³/mol. The van der Waals surface area contributed by atoms with Crippen LogP contribution in [0.2, 0.25) is 5.02 Å². The molecule has 0 aliphatic carbocycles. The molecule has 0 spiro atoms. The first-order valence-electron chi connectivity index (χ1n) is 5.23. The lowest BCUT2D eigenvalue weighted by atomic mass is 10.0. The van der Waals surface area contributed by atoms with Gasteiger partial charge in [0.2, 0.25) is 0 Å². The van der Waals surface area contributed by atoms with E-state index in [0.717, 1.165) is 11.4 Å². The van der Waals surface area contributed by atoms with Gasteiger partial charge >= 0.3 is 0 Å². The molecule has 0 aliphatic rings. The van der Waals surface area contributed by atoms with E-state index in [-0.39, 0.29) is 0 Å². The summed E-state index contributed by atoms with van der Waals surface area (Å²) in [4.78, 5) is 0. The molecule has 0 bridgehead atoms. The molecule has 0 amide bonds. The second-order valence-corrected chi connectivity index (χ2v) is 4.95. The first-order chi connectivity index (χ1) is 7.79. The van der Waals surface area contributed by atoms with E-state index in [2.05, 4.69) is 34.3 Å². The zero-order chi connectivity index (χ0) is 11.4. The highest BCUT2D eigenvalue weighted by molar-refractivity contribution is 7.07. The minimum atomic E-state index is 0.382. The summed E-state index contributed by atoms with van der Waals surface area (Å²) in [6, 6.07) is 10.6. The Hall–Kier alpha value is -0.830. The minimum Gasteiger partial charge on any atom is -0.313 e.